The SMILES string of the molecule is COCCCOc1cccc(CN2CCCC(CO)C2)c1. The van der Waals surface area contributed by atoms with Gasteiger partial charge in [-0.2, -0.15) is 0 Å². The summed E-state index contributed by atoms with van der Waals surface area (Å²) in [5.41, 5.74) is 1.28. The Labute approximate surface area is 127 Å². The van der Waals surface area contributed by atoms with Crippen molar-refractivity contribution in [2.75, 3.05) is 40.0 Å². The monoisotopic (exact) mass is 293 g/mol. The van der Waals surface area contributed by atoms with Crippen molar-refractivity contribution in [2.24, 2.45) is 5.92 Å². The van der Waals surface area contributed by atoms with Crippen LogP contribution in [0.4, 0.5) is 0 Å². The highest BCUT2D eigenvalue weighted by Gasteiger charge is 2.19. The van der Waals surface area contributed by atoms with Gasteiger partial charge in [0.25, 0.3) is 0 Å². The van der Waals surface area contributed by atoms with E-state index in [9.17, 15) is 5.11 Å². The molecule has 118 valence electrons. The van der Waals surface area contributed by atoms with Crippen molar-refractivity contribution in [1.82, 2.24) is 4.90 Å². The average molecular weight is 293 g/mol. The number of ether oxygens (including phenoxy) is 2. The first kappa shape index (κ1) is 16.3. The van der Waals surface area contributed by atoms with E-state index in [1.54, 1.807) is 7.11 Å². The summed E-state index contributed by atoms with van der Waals surface area (Å²) in [6.07, 6.45) is 3.24. The molecule has 1 aromatic carbocycles. The van der Waals surface area contributed by atoms with Gasteiger partial charge in [-0.1, -0.05) is 12.1 Å². The third-order valence-corrected chi connectivity index (χ3v) is 3.93. The molecule has 1 unspecified atom stereocenters. The van der Waals surface area contributed by atoms with Crippen LogP contribution in [0.15, 0.2) is 24.3 Å². The normalized spacial score (nSPS) is 19.6. The summed E-state index contributed by atoms with van der Waals surface area (Å²) < 4.78 is 10.8. The Morgan fingerprint density at radius 3 is 3.05 bits per heavy atom. The fourth-order valence-corrected chi connectivity index (χ4v) is 2.83. The van der Waals surface area contributed by atoms with Gasteiger partial charge in [0.05, 0.1) is 6.61 Å². The predicted octanol–water partition coefficient (Wildman–Crippen LogP) is 2.31. The number of aliphatic hydroxyl groups is 1. The predicted molar refractivity (Wildman–Crippen MR) is 83.5 cm³/mol. The van der Waals surface area contributed by atoms with Gasteiger partial charge in [-0.15, -0.1) is 0 Å². The molecule has 1 aliphatic rings. The van der Waals surface area contributed by atoms with Crippen LogP contribution in [0, 0.1) is 5.92 Å². The molecule has 0 radical (unpaired) electrons. The quantitative estimate of drug-likeness (QED) is 0.747. The first-order valence-electron chi connectivity index (χ1n) is 7.85. The Bertz CT molecular complexity index is 411. The van der Waals surface area contributed by atoms with E-state index in [0.717, 1.165) is 44.8 Å². The van der Waals surface area contributed by atoms with Gasteiger partial charge in [0.2, 0.25) is 0 Å². The molecule has 0 amide bonds. The molecule has 1 aromatic rings. The van der Waals surface area contributed by atoms with Crippen LogP contribution in [0.25, 0.3) is 0 Å². The molecular formula is C17H27NO3. The lowest BCUT2D eigenvalue weighted by molar-refractivity contribution is 0.116. The van der Waals surface area contributed by atoms with Crippen molar-refractivity contribution in [1.29, 1.82) is 0 Å². The first-order chi connectivity index (χ1) is 10.3. The van der Waals surface area contributed by atoms with Crippen LogP contribution in [-0.4, -0.2) is 50.0 Å². The maximum absolute atomic E-state index is 9.30. The molecule has 1 saturated heterocycles. The van der Waals surface area contributed by atoms with E-state index in [0.29, 0.717) is 19.1 Å². The Kier molecular flexibility index (Phi) is 7.00. The molecular weight excluding hydrogens is 266 g/mol. The van der Waals surface area contributed by atoms with E-state index in [2.05, 4.69) is 23.1 Å². The van der Waals surface area contributed by atoms with Crippen molar-refractivity contribution in [3.8, 4) is 5.75 Å². The highest BCUT2D eigenvalue weighted by Crippen LogP contribution is 2.20. The lowest BCUT2D eigenvalue weighted by Crippen LogP contribution is -2.36. The Morgan fingerprint density at radius 2 is 2.24 bits per heavy atom. The van der Waals surface area contributed by atoms with E-state index in [1.165, 1.54) is 12.0 Å². The number of likely N-dealkylation sites (tertiary alicyclic amines) is 1. The van der Waals surface area contributed by atoms with Crippen LogP contribution >= 0.6 is 0 Å². The summed E-state index contributed by atoms with van der Waals surface area (Å²) in [6, 6.07) is 8.32. The van der Waals surface area contributed by atoms with Crippen molar-refractivity contribution >= 4 is 0 Å². The number of piperidine rings is 1. The summed E-state index contributed by atoms with van der Waals surface area (Å²) >= 11 is 0. The van der Waals surface area contributed by atoms with Crippen LogP contribution in [0.5, 0.6) is 5.75 Å². The van der Waals surface area contributed by atoms with E-state index in [4.69, 9.17) is 9.47 Å². The molecule has 21 heavy (non-hydrogen) atoms. The standard InChI is InChI=1S/C17H27NO3/c1-20-9-4-10-21-17-7-2-5-15(11-17)12-18-8-3-6-16(13-18)14-19/h2,5,7,11,16,19H,3-4,6,8-10,12-14H2,1H3. The lowest BCUT2D eigenvalue weighted by atomic mass is 9.98. The number of benzene rings is 1. The molecule has 0 saturated carbocycles. The van der Waals surface area contributed by atoms with Crippen LogP contribution in [-0.2, 0) is 11.3 Å². The summed E-state index contributed by atoms with van der Waals surface area (Å²) in [5, 5.41) is 9.30. The van der Waals surface area contributed by atoms with Gasteiger partial charge in [-0.25, -0.2) is 0 Å². The molecule has 2 rings (SSSR count). The lowest BCUT2D eigenvalue weighted by Gasteiger charge is -2.31. The van der Waals surface area contributed by atoms with Crippen molar-refractivity contribution in [3.05, 3.63) is 29.8 Å². The topological polar surface area (TPSA) is 41.9 Å². The minimum Gasteiger partial charge on any atom is -0.493 e. The largest absolute Gasteiger partial charge is 0.493 e. The fourth-order valence-electron chi connectivity index (χ4n) is 2.83. The first-order valence-corrected chi connectivity index (χ1v) is 7.85. The maximum atomic E-state index is 9.30. The van der Waals surface area contributed by atoms with Gasteiger partial charge < -0.3 is 14.6 Å². The van der Waals surface area contributed by atoms with E-state index in [1.807, 2.05) is 6.07 Å². The second-order valence-electron chi connectivity index (χ2n) is 5.77. The van der Waals surface area contributed by atoms with Gasteiger partial charge in [0.1, 0.15) is 5.75 Å². The van der Waals surface area contributed by atoms with Crippen LogP contribution in [0.2, 0.25) is 0 Å². The van der Waals surface area contributed by atoms with E-state index < -0.39 is 0 Å². The van der Waals surface area contributed by atoms with Crippen molar-refractivity contribution < 1.29 is 14.6 Å². The van der Waals surface area contributed by atoms with Crippen molar-refractivity contribution in [3.63, 3.8) is 0 Å². The van der Waals surface area contributed by atoms with Crippen LogP contribution in [0.1, 0.15) is 24.8 Å². The highest BCUT2D eigenvalue weighted by molar-refractivity contribution is 5.28. The molecule has 1 atom stereocenters. The second-order valence-corrected chi connectivity index (χ2v) is 5.77. The van der Waals surface area contributed by atoms with Gasteiger partial charge in [-0.05, 0) is 43.0 Å². The van der Waals surface area contributed by atoms with Gasteiger partial charge in [0, 0.05) is 39.8 Å². The number of hydrogen-bond acceptors (Lipinski definition) is 4. The Balaban J connectivity index is 1.82. The molecule has 0 bridgehead atoms. The summed E-state index contributed by atoms with van der Waals surface area (Å²) in [4.78, 5) is 2.43. The molecule has 0 aliphatic carbocycles. The third kappa shape index (κ3) is 5.65. The smallest absolute Gasteiger partial charge is 0.119 e. The fraction of sp³-hybridized carbons (Fsp3) is 0.647. The number of nitrogens with zero attached hydrogens (tertiary/aromatic N) is 1. The van der Waals surface area contributed by atoms with Gasteiger partial charge >= 0.3 is 0 Å². The Morgan fingerprint density at radius 1 is 1.33 bits per heavy atom. The Hall–Kier alpha value is -1.10. The van der Waals surface area contributed by atoms with Gasteiger partial charge in [-0.3, -0.25) is 4.90 Å². The molecule has 1 N–H and O–H groups in total. The molecule has 1 heterocycles. The summed E-state index contributed by atoms with van der Waals surface area (Å²) in [6.45, 7) is 4.78. The highest BCUT2D eigenvalue weighted by atomic mass is 16.5. The van der Waals surface area contributed by atoms with E-state index >= 15 is 0 Å². The molecule has 0 spiro atoms. The van der Waals surface area contributed by atoms with Crippen LogP contribution < -0.4 is 4.74 Å². The second kappa shape index (κ2) is 9.03. The minimum atomic E-state index is 0.305. The zero-order valence-corrected chi connectivity index (χ0v) is 13.0. The van der Waals surface area contributed by atoms with Crippen LogP contribution in [0.3, 0.4) is 0 Å². The average Bonchev–Trinajstić information content (AvgIpc) is 2.52. The number of rotatable bonds is 8. The molecule has 1 aliphatic heterocycles. The number of aliphatic hydroxyl groups excluding tert-OH is 1. The number of methoxy groups -OCH3 is 1. The zero-order valence-electron chi connectivity index (χ0n) is 13.0. The minimum absolute atomic E-state index is 0.305. The van der Waals surface area contributed by atoms with E-state index in [-0.39, 0.29) is 0 Å². The maximum Gasteiger partial charge on any atom is 0.119 e. The third-order valence-electron chi connectivity index (χ3n) is 3.93. The molecule has 0 aromatic heterocycles. The molecule has 4 heteroatoms. The van der Waals surface area contributed by atoms with Crippen molar-refractivity contribution in [2.45, 2.75) is 25.8 Å². The van der Waals surface area contributed by atoms with Gasteiger partial charge in [0.15, 0.2) is 0 Å². The summed E-state index contributed by atoms with van der Waals surface area (Å²) in [7, 11) is 1.71. The zero-order chi connectivity index (χ0) is 14.9. The molecule has 1 fully saturated rings. The number of hydrogen-bond donors (Lipinski definition) is 1. The summed E-state index contributed by atoms with van der Waals surface area (Å²) in [5.74, 6) is 1.37. The molecule has 4 nitrogen and oxygen atoms in total.